The summed E-state index contributed by atoms with van der Waals surface area (Å²) in [6, 6.07) is 5.21. The fraction of sp³-hybridized carbons (Fsp3) is 0.212. The smallest absolute Gasteiger partial charge is 0.478 e. The number of rotatable bonds is 13. The molecule has 0 fully saturated rings. The number of amides is 1. The zero-order valence-corrected chi connectivity index (χ0v) is 27.1. The maximum absolute atomic E-state index is 14.8. The molecule has 0 bridgehead atoms. The minimum Gasteiger partial charge on any atom is -0.478 e. The Morgan fingerprint density at radius 1 is 0.907 bits per heavy atom. The van der Waals surface area contributed by atoms with Crippen LogP contribution in [-0.2, 0) is 4.74 Å². The molecule has 1 atom stereocenters. The number of aliphatic hydroxyl groups is 1. The average molecular weight is 771 g/mol. The van der Waals surface area contributed by atoms with Gasteiger partial charge in [-0.3, -0.25) is 9.53 Å². The van der Waals surface area contributed by atoms with E-state index in [4.69, 9.17) is 10.8 Å². The molecule has 54 heavy (non-hydrogen) atoms. The van der Waals surface area contributed by atoms with Crippen molar-refractivity contribution in [3.05, 3.63) is 101 Å². The molecule has 21 heteroatoms. The van der Waals surface area contributed by atoms with Crippen molar-refractivity contribution in [1.82, 2.24) is 25.3 Å². The summed E-state index contributed by atoms with van der Waals surface area (Å²) in [6.07, 6.45) is 2.16. The molecule has 0 saturated heterocycles. The highest BCUT2D eigenvalue weighted by Crippen LogP contribution is 2.31. The van der Waals surface area contributed by atoms with E-state index in [1.807, 2.05) is 0 Å². The maximum Gasteiger partial charge on any atom is 0.522 e. The van der Waals surface area contributed by atoms with Crippen LogP contribution in [0.3, 0.4) is 0 Å². The van der Waals surface area contributed by atoms with Crippen molar-refractivity contribution in [2.24, 2.45) is 0 Å². The van der Waals surface area contributed by atoms with Crippen LogP contribution >= 0.6 is 0 Å². The van der Waals surface area contributed by atoms with Crippen LogP contribution in [0.4, 0.5) is 41.1 Å². The van der Waals surface area contributed by atoms with Crippen molar-refractivity contribution in [1.29, 1.82) is 0 Å². The number of anilines is 1. The van der Waals surface area contributed by atoms with E-state index in [1.54, 1.807) is 0 Å². The summed E-state index contributed by atoms with van der Waals surface area (Å²) in [5.74, 6) is 1.20. The maximum atomic E-state index is 14.8. The van der Waals surface area contributed by atoms with Gasteiger partial charge in [-0.05, 0) is 48.9 Å². The van der Waals surface area contributed by atoms with Gasteiger partial charge in [-0.1, -0.05) is 11.8 Å². The second kappa shape index (κ2) is 20.0. The fourth-order valence-electron chi connectivity index (χ4n) is 3.96. The van der Waals surface area contributed by atoms with Crippen molar-refractivity contribution in [3.8, 4) is 23.3 Å². The minimum atomic E-state index is -4.88. The number of carbonyl (C=O) groups is 2. The highest BCUT2D eigenvalue weighted by molar-refractivity contribution is 5.96. The van der Waals surface area contributed by atoms with E-state index in [0.29, 0.717) is 5.56 Å². The molecule has 0 aliphatic rings. The Hall–Kier alpha value is -6.40. The van der Waals surface area contributed by atoms with E-state index < -0.39 is 67.9 Å². The molecule has 286 valence electrons. The Morgan fingerprint density at radius 3 is 2.11 bits per heavy atom. The number of alkyl halides is 7. The van der Waals surface area contributed by atoms with Gasteiger partial charge in [0.15, 0.2) is 0 Å². The Morgan fingerprint density at radius 2 is 1.52 bits per heavy atom. The fourth-order valence-corrected chi connectivity index (χ4v) is 3.96. The zero-order valence-electron chi connectivity index (χ0n) is 27.1. The summed E-state index contributed by atoms with van der Waals surface area (Å²) < 4.78 is 113. The number of carboxylic acids is 1. The number of benzene rings is 2. The van der Waals surface area contributed by atoms with Crippen molar-refractivity contribution in [3.63, 3.8) is 0 Å². The quantitative estimate of drug-likeness (QED) is 0.101. The standard InChI is InChI=1S/C19H18F6N4O4.C14H8F2N2O3/c20-14(5-10-7-27-18(26)28-8-10)13-6-11(1-2-15(13)33-17(21)22)16(31)29-12(9-30)3-4-32-19(23,24)25;15-14(16)21-12-4-3-11(13(19)20)5-10(12)2-1-9-6-17-8-18-7-9/h1-2,5-8,12,17,30H,3-4,9H2,(H,29,31)(H2,26,27,28);3-8,14H,(H,19,20)/b14-5-;. The van der Waals surface area contributed by atoms with Crippen molar-refractivity contribution in [2.75, 3.05) is 18.9 Å². The van der Waals surface area contributed by atoms with Gasteiger partial charge in [-0.2, -0.15) is 17.6 Å². The molecule has 0 aliphatic carbocycles. The molecule has 1 unspecified atom stereocenters. The topological polar surface area (TPSA) is 192 Å². The van der Waals surface area contributed by atoms with E-state index in [9.17, 15) is 49.8 Å². The summed E-state index contributed by atoms with van der Waals surface area (Å²) in [4.78, 5) is 38.2. The molecule has 2 aromatic carbocycles. The van der Waals surface area contributed by atoms with Crippen LogP contribution in [0.1, 0.15) is 49.4 Å². The van der Waals surface area contributed by atoms with Crippen LogP contribution in [0, 0.1) is 11.8 Å². The number of carbonyl (C=O) groups excluding carboxylic acids is 1. The summed E-state index contributed by atoms with van der Waals surface area (Å²) in [7, 11) is 0. The van der Waals surface area contributed by atoms with Gasteiger partial charge < -0.3 is 30.7 Å². The molecule has 13 nitrogen and oxygen atoms in total. The first-order chi connectivity index (χ1) is 25.5. The Kier molecular flexibility index (Phi) is 15.6. The molecule has 0 spiro atoms. The van der Waals surface area contributed by atoms with Gasteiger partial charge in [0.05, 0.1) is 41.5 Å². The predicted octanol–water partition coefficient (Wildman–Crippen LogP) is 5.32. The summed E-state index contributed by atoms with van der Waals surface area (Å²) in [5.41, 5.74) is 5.14. The largest absolute Gasteiger partial charge is 0.522 e. The first-order valence-electron chi connectivity index (χ1n) is 14.8. The normalized spacial score (nSPS) is 11.9. The molecule has 2 heterocycles. The number of ether oxygens (including phenoxy) is 3. The second-order valence-electron chi connectivity index (χ2n) is 10.2. The van der Waals surface area contributed by atoms with Crippen LogP contribution in [0.2, 0.25) is 0 Å². The third kappa shape index (κ3) is 14.3. The van der Waals surface area contributed by atoms with Crippen LogP contribution in [-0.4, -0.2) is 80.9 Å². The van der Waals surface area contributed by atoms with Gasteiger partial charge >= 0.3 is 25.6 Å². The van der Waals surface area contributed by atoms with Gasteiger partial charge in [-0.25, -0.2) is 29.1 Å². The molecule has 0 saturated carbocycles. The van der Waals surface area contributed by atoms with Gasteiger partial charge in [0, 0.05) is 35.9 Å². The molecular formula is C33H26F8N6O7. The third-order valence-electron chi connectivity index (χ3n) is 6.33. The van der Waals surface area contributed by atoms with Gasteiger partial charge in [-0.15, -0.1) is 13.2 Å². The number of nitrogens with one attached hydrogen (secondary N) is 1. The average Bonchev–Trinajstić information content (AvgIpc) is 3.11. The first-order valence-corrected chi connectivity index (χ1v) is 14.8. The lowest BCUT2D eigenvalue weighted by Crippen LogP contribution is -2.38. The Bertz CT molecular complexity index is 1960. The molecule has 4 aromatic rings. The monoisotopic (exact) mass is 770 g/mol. The number of nitrogens with zero attached hydrogens (tertiary/aromatic N) is 4. The second-order valence-corrected chi connectivity index (χ2v) is 10.2. The van der Waals surface area contributed by atoms with E-state index in [1.165, 1.54) is 31.1 Å². The van der Waals surface area contributed by atoms with E-state index >= 15 is 0 Å². The van der Waals surface area contributed by atoms with E-state index in [-0.39, 0.29) is 40.4 Å². The number of halogens is 8. The number of nitrogen functional groups attached to an aromatic ring is 1. The van der Waals surface area contributed by atoms with Crippen LogP contribution < -0.4 is 20.5 Å². The molecule has 5 N–H and O–H groups in total. The van der Waals surface area contributed by atoms with Crippen LogP contribution in [0.15, 0.2) is 67.5 Å². The van der Waals surface area contributed by atoms with E-state index in [0.717, 1.165) is 42.5 Å². The highest BCUT2D eigenvalue weighted by Gasteiger charge is 2.29. The summed E-state index contributed by atoms with van der Waals surface area (Å²) in [5, 5.41) is 20.4. The first kappa shape index (κ1) is 42.0. The number of aliphatic hydroxyl groups excluding tert-OH is 1. The number of aromatic carboxylic acids is 1. The Balaban J connectivity index is 0.000000320. The number of aromatic nitrogens is 4. The molecular weight excluding hydrogens is 744 g/mol. The van der Waals surface area contributed by atoms with Gasteiger partial charge in [0.2, 0.25) is 5.95 Å². The lowest BCUT2D eigenvalue weighted by molar-refractivity contribution is -0.325. The van der Waals surface area contributed by atoms with Crippen molar-refractivity contribution >= 4 is 29.7 Å². The number of hydrogen-bond donors (Lipinski definition) is 4. The SMILES string of the molecule is Nc1ncc(/C=C(\F)c2cc(C(=O)NC(CO)CCOC(F)(F)F)ccc2OC(F)F)cn1.O=C(O)c1ccc(OC(F)F)c(C#Cc2cncnc2)c1. The lowest BCUT2D eigenvalue weighted by atomic mass is 10.1. The van der Waals surface area contributed by atoms with Crippen LogP contribution in [0.25, 0.3) is 11.9 Å². The minimum absolute atomic E-state index is 0.0408. The molecule has 0 radical (unpaired) electrons. The van der Waals surface area contributed by atoms with Crippen molar-refractivity contribution < 1.29 is 69.1 Å². The predicted molar refractivity (Wildman–Crippen MR) is 172 cm³/mol. The third-order valence-corrected chi connectivity index (χ3v) is 6.33. The molecule has 1 amide bonds. The van der Waals surface area contributed by atoms with Gasteiger partial charge in [0.25, 0.3) is 5.91 Å². The number of hydrogen-bond acceptors (Lipinski definition) is 11. The number of nitrogens with two attached hydrogens (primary N) is 1. The van der Waals surface area contributed by atoms with Crippen LogP contribution in [0.5, 0.6) is 11.5 Å². The zero-order chi connectivity index (χ0) is 39.8. The molecule has 0 aliphatic heterocycles. The summed E-state index contributed by atoms with van der Waals surface area (Å²) >= 11 is 0. The molecule has 2 aromatic heterocycles. The Labute approximate surface area is 299 Å². The van der Waals surface area contributed by atoms with Gasteiger partial charge in [0.1, 0.15) is 23.7 Å². The molecule has 4 rings (SSSR count). The summed E-state index contributed by atoms with van der Waals surface area (Å²) in [6.45, 7) is -7.86. The lowest BCUT2D eigenvalue weighted by Gasteiger charge is -2.17. The van der Waals surface area contributed by atoms with Crippen molar-refractivity contribution in [2.45, 2.75) is 32.0 Å². The number of carboxylic acid groups (broad SMARTS) is 1. The highest BCUT2D eigenvalue weighted by atomic mass is 19.4. The van der Waals surface area contributed by atoms with E-state index in [2.05, 4.69) is 51.3 Å².